The Kier molecular flexibility index (Phi) is 6.02. The summed E-state index contributed by atoms with van der Waals surface area (Å²) in [5.74, 6) is -3.03. The number of ether oxygens (including phenoxy) is 1. The Hall–Kier alpha value is -0.800. The van der Waals surface area contributed by atoms with Gasteiger partial charge in [0, 0.05) is 17.8 Å². The number of allylic oxidation sites excluding steroid dienone is 4. The van der Waals surface area contributed by atoms with Crippen molar-refractivity contribution in [1.29, 1.82) is 0 Å². The molecule has 4 aliphatic rings. The predicted molar refractivity (Wildman–Crippen MR) is 123 cm³/mol. The second-order valence-corrected chi connectivity index (χ2v) is 12.2. The summed E-state index contributed by atoms with van der Waals surface area (Å²) < 4.78 is 20.6. The van der Waals surface area contributed by atoms with Gasteiger partial charge in [0.1, 0.15) is 6.17 Å². The summed E-state index contributed by atoms with van der Waals surface area (Å²) in [5.41, 5.74) is -4.32. The van der Waals surface area contributed by atoms with Gasteiger partial charge in [-0.15, -0.1) is 23.2 Å². The molecule has 182 valence electrons. The van der Waals surface area contributed by atoms with Gasteiger partial charge >= 0.3 is 5.97 Å². The molecule has 0 aromatic heterocycles. The number of Topliss-reactive ketones (excluding diaryl/α,β-unsaturated/α-hetero) is 1. The van der Waals surface area contributed by atoms with Crippen molar-refractivity contribution >= 4 is 56.7 Å². The lowest BCUT2D eigenvalue weighted by Gasteiger charge is -2.64. The Labute approximate surface area is 209 Å². The molecule has 0 aliphatic heterocycles. The second kappa shape index (κ2) is 7.85. The largest absolute Gasteiger partial charge is 0.458 e. The number of esters is 1. The molecule has 2 N–H and O–H groups in total. The van der Waals surface area contributed by atoms with E-state index in [4.69, 9.17) is 27.9 Å². The second-order valence-electron chi connectivity index (χ2n) is 10.2. The first-order valence-electron chi connectivity index (χ1n) is 10.8. The number of halogens is 4. The minimum atomic E-state index is -2.24. The quantitative estimate of drug-likeness (QED) is 0.400. The molecule has 10 heteroatoms. The highest BCUT2D eigenvalue weighted by atomic mass is 79.9. The highest BCUT2D eigenvalue weighted by molar-refractivity contribution is 9.12. The number of hydrogen-bond acceptors (Lipinski definition) is 6. The molecule has 0 amide bonds. The van der Waals surface area contributed by atoms with Gasteiger partial charge in [-0.05, 0) is 58.7 Å². The lowest BCUT2D eigenvalue weighted by atomic mass is 9.46. The van der Waals surface area contributed by atoms with Crippen LogP contribution >= 0.6 is 39.1 Å². The first-order chi connectivity index (χ1) is 15.1. The Morgan fingerprint density at radius 3 is 2.55 bits per heavy atom. The predicted octanol–water partition coefficient (Wildman–Crippen LogP) is 3.38. The molecule has 9 atom stereocenters. The first kappa shape index (κ1) is 25.3. The van der Waals surface area contributed by atoms with Crippen molar-refractivity contribution in [3.8, 4) is 0 Å². The lowest BCUT2D eigenvalue weighted by molar-refractivity contribution is -0.179. The number of fused-ring (bicyclic) bond motifs is 5. The van der Waals surface area contributed by atoms with E-state index in [1.165, 1.54) is 6.08 Å². The van der Waals surface area contributed by atoms with E-state index in [1.807, 2.05) is 0 Å². The van der Waals surface area contributed by atoms with Crippen LogP contribution in [0, 0.1) is 22.7 Å². The third kappa shape index (κ3) is 3.13. The Bertz CT molecular complexity index is 1000. The number of rotatable bonds is 3. The summed E-state index contributed by atoms with van der Waals surface area (Å²) in [7, 11) is 0. The summed E-state index contributed by atoms with van der Waals surface area (Å²) in [6.45, 7) is 3.85. The van der Waals surface area contributed by atoms with Gasteiger partial charge in [-0.1, -0.05) is 19.9 Å². The maximum atomic E-state index is 15.6. The molecule has 3 fully saturated rings. The maximum absolute atomic E-state index is 15.6. The number of aliphatic hydroxyl groups is 2. The van der Waals surface area contributed by atoms with Crippen molar-refractivity contribution in [1.82, 2.24) is 0 Å². The Balaban J connectivity index is 1.81. The van der Waals surface area contributed by atoms with Crippen LogP contribution in [0.25, 0.3) is 0 Å². The Morgan fingerprint density at radius 1 is 1.30 bits per heavy atom. The van der Waals surface area contributed by atoms with Crippen molar-refractivity contribution in [2.24, 2.45) is 22.7 Å². The SMILES string of the molecule is CC(=O)OCC(=O)[C@@]1(O)C(O)C[C@H]2[C@@H]3CC(F)C4=CC(=O)C(Br)=C[C@]4(C)[C@@]3(Cl)C(Cl)C[C@@]21C. The van der Waals surface area contributed by atoms with Crippen molar-refractivity contribution in [2.45, 2.75) is 68.2 Å². The van der Waals surface area contributed by atoms with E-state index in [2.05, 4.69) is 15.9 Å². The molecule has 4 rings (SSSR count). The van der Waals surface area contributed by atoms with E-state index in [0.717, 1.165) is 6.92 Å². The van der Waals surface area contributed by atoms with E-state index < -0.39 is 69.2 Å². The van der Waals surface area contributed by atoms with Crippen LogP contribution in [-0.4, -0.2) is 62.5 Å². The zero-order chi connectivity index (χ0) is 24.7. The van der Waals surface area contributed by atoms with Crippen LogP contribution in [0.3, 0.4) is 0 Å². The van der Waals surface area contributed by atoms with Crippen LogP contribution in [0.5, 0.6) is 0 Å². The van der Waals surface area contributed by atoms with E-state index in [9.17, 15) is 24.6 Å². The molecule has 0 aromatic rings. The van der Waals surface area contributed by atoms with E-state index in [-0.39, 0.29) is 35.1 Å². The average Bonchev–Trinajstić information content (AvgIpc) is 2.92. The molecule has 0 saturated heterocycles. The third-order valence-electron chi connectivity index (χ3n) is 8.70. The van der Waals surface area contributed by atoms with Gasteiger partial charge in [0.05, 0.1) is 20.8 Å². The van der Waals surface area contributed by atoms with E-state index in [1.54, 1.807) is 19.9 Å². The molecule has 0 radical (unpaired) electrons. The first-order valence-corrected chi connectivity index (χ1v) is 12.4. The number of carbonyl (C=O) groups excluding carboxylic acids is 3. The smallest absolute Gasteiger partial charge is 0.303 e. The molecule has 3 saturated carbocycles. The standard InChI is InChI=1S/C23H26BrCl2FO6/c1-10(28)33-9-19(31)23(32)18(30)6-11-12-4-15(27)13-5-16(29)14(24)7-20(13,2)22(12,26)17(25)8-21(11,23)3/h5,7,11-12,15,17-18,30,32H,4,6,8-9H2,1-3H3/t11-,12-,15?,17?,18?,20-,21-,22-,23-/m0/s1. The third-order valence-corrected chi connectivity index (χ3v) is 10.9. The number of alkyl halides is 3. The molecular formula is C23H26BrCl2FO6. The van der Waals surface area contributed by atoms with Crippen molar-refractivity contribution in [2.75, 3.05) is 6.61 Å². The van der Waals surface area contributed by atoms with Gasteiger partial charge in [0.2, 0.25) is 5.78 Å². The molecule has 0 aromatic carbocycles. The van der Waals surface area contributed by atoms with Gasteiger partial charge in [-0.2, -0.15) is 0 Å². The van der Waals surface area contributed by atoms with Gasteiger partial charge < -0.3 is 14.9 Å². The number of carbonyl (C=O) groups is 3. The molecule has 0 spiro atoms. The minimum absolute atomic E-state index is 0.00716. The number of aliphatic hydroxyl groups excluding tert-OH is 1. The van der Waals surface area contributed by atoms with E-state index in [0.29, 0.717) is 0 Å². The molecule has 3 unspecified atom stereocenters. The molecule has 0 bridgehead atoms. The zero-order valence-electron chi connectivity index (χ0n) is 18.4. The summed E-state index contributed by atoms with van der Waals surface area (Å²) in [6, 6.07) is 0. The van der Waals surface area contributed by atoms with Gasteiger partial charge in [-0.3, -0.25) is 14.4 Å². The van der Waals surface area contributed by atoms with Crippen molar-refractivity contribution < 1.29 is 33.7 Å². The fourth-order valence-electron chi connectivity index (χ4n) is 6.99. The van der Waals surface area contributed by atoms with Crippen LogP contribution in [0.2, 0.25) is 0 Å². The van der Waals surface area contributed by atoms with Crippen LogP contribution in [0.1, 0.15) is 40.0 Å². The summed E-state index contributed by atoms with van der Waals surface area (Å²) in [5, 5.41) is 21.6. The lowest BCUT2D eigenvalue weighted by Crippen LogP contribution is -2.69. The summed E-state index contributed by atoms with van der Waals surface area (Å²) >= 11 is 17.5. The zero-order valence-corrected chi connectivity index (χ0v) is 21.5. The minimum Gasteiger partial charge on any atom is -0.458 e. The molecule has 33 heavy (non-hydrogen) atoms. The highest BCUT2D eigenvalue weighted by Gasteiger charge is 2.76. The number of hydrogen-bond donors (Lipinski definition) is 2. The fraction of sp³-hybridized carbons (Fsp3) is 0.696. The fourth-order valence-corrected chi connectivity index (χ4v) is 8.75. The Morgan fingerprint density at radius 2 is 1.94 bits per heavy atom. The molecule has 4 aliphatic carbocycles. The van der Waals surface area contributed by atoms with Gasteiger partial charge in [0.15, 0.2) is 18.0 Å². The van der Waals surface area contributed by atoms with Gasteiger partial charge in [0.25, 0.3) is 0 Å². The average molecular weight is 568 g/mol. The molecule has 0 heterocycles. The monoisotopic (exact) mass is 566 g/mol. The van der Waals surface area contributed by atoms with Crippen LogP contribution in [0.4, 0.5) is 4.39 Å². The number of ketones is 2. The highest BCUT2D eigenvalue weighted by Crippen LogP contribution is 2.71. The normalized spacial score (nSPS) is 48.8. The molecule has 6 nitrogen and oxygen atoms in total. The van der Waals surface area contributed by atoms with Crippen molar-refractivity contribution in [3.05, 3.63) is 22.2 Å². The topological polar surface area (TPSA) is 101 Å². The van der Waals surface area contributed by atoms with Gasteiger partial charge in [-0.25, -0.2) is 4.39 Å². The van der Waals surface area contributed by atoms with E-state index >= 15 is 4.39 Å². The molecular weight excluding hydrogens is 542 g/mol. The summed E-state index contributed by atoms with van der Waals surface area (Å²) in [4.78, 5) is 35.3. The summed E-state index contributed by atoms with van der Waals surface area (Å²) in [6.07, 6.45) is -0.0654. The van der Waals surface area contributed by atoms with Crippen LogP contribution in [0.15, 0.2) is 22.2 Å². The van der Waals surface area contributed by atoms with Crippen molar-refractivity contribution in [3.63, 3.8) is 0 Å². The van der Waals surface area contributed by atoms with Crippen LogP contribution in [-0.2, 0) is 19.1 Å². The maximum Gasteiger partial charge on any atom is 0.303 e. The van der Waals surface area contributed by atoms with Crippen LogP contribution < -0.4 is 0 Å².